The van der Waals surface area contributed by atoms with Gasteiger partial charge in [-0.3, -0.25) is 0 Å². The first-order valence-corrected chi connectivity index (χ1v) is 7.63. The van der Waals surface area contributed by atoms with E-state index in [1.54, 1.807) is 12.1 Å². The van der Waals surface area contributed by atoms with Crippen LogP contribution in [0, 0.1) is 5.92 Å². The summed E-state index contributed by atoms with van der Waals surface area (Å²) in [5.41, 5.74) is 6.17. The van der Waals surface area contributed by atoms with E-state index >= 15 is 0 Å². The summed E-state index contributed by atoms with van der Waals surface area (Å²) in [4.78, 5) is 0. The van der Waals surface area contributed by atoms with E-state index in [0.717, 1.165) is 29.9 Å². The average molecular weight is 289 g/mol. The molecular formula is C14H18F3NS. The molecule has 1 aromatic rings. The van der Waals surface area contributed by atoms with E-state index in [1.807, 2.05) is 11.8 Å². The summed E-state index contributed by atoms with van der Waals surface area (Å²) >= 11 is 1.91. The van der Waals surface area contributed by atoms with Crippen molar-refractivity contribution in [2.75, 3.05) is 18.1 Å². The molecule has 2 rings (SSSR count). The van der Waals surface area contributed by atoms with Gasteiger partial charge in [0.25, 0.3) is 0 Å². The van der Waals surface area contributed by atoms with Crippen LogP contribution in [0.1, 0.15) is 29.9 Å². The normalized spacial score (nSPS) is 22.2. The van der Waals surface area contributed by atoms with Crippen LogP contribution in [0.4, 0.5) is 13.2 Å². The summed E-state index contributed by atoms with van der Waals surface area (Å²) in [5, 5.41) is 0. The first-order valence-electron chi connectivity index (χ1n) is 6.47. The van der Waals surface area contributed by atoms with Crippen molar-refractivity contribution in [2.24, 2.45) is 11.7 Å². The van der Waals surface area contributed by atoms with Crippen LogP contribution in [0.25, 0.3) is 0 Å². The summed E-state index contributed by atoms with van der Waals surface area (Å²) in [6.07, 6.45) is -1.97. The molecule has 1 nitrogen and oxygen atoms in total. The summed E-state index contributed by atoms with van der Waals surface area (Å²) in [6.45, 7) is 0.497. The molecule has 0 aliphatic carbocycles. The Hall–Kier alpha value is -0.680. The van der Waals surface area contributed by atoms with Crippen LogP contribution >= 0.6 is 11.8 Å². The first-order chi connectivity index (χ1) is 9.02. The Morgan fingerprint density at radius 2 is 1.95 bits per heavy atom. The molecule has 1 saturated heterocycles. The van der Waals surface area contributed by atoms with Crippen molar-refractivity contribution in [1.82, 2.24) is 0 Å². The minimum Gasteiger partial charge on any atom is -0.330 e. The van der Waals surface area contributed by atoms with Gasteiger partial charge in [-0.25, -0.2) is 0 Å². The molecule has 1 heterocycles. The van der Waals surface area contributed by atoms with Crippen LogP contribution in [0.3, 0.4) is 0 Å². The molecular weight excluding hydrogens is 271 g/mol. The van der Waals surface area contributed by atoms with Crippen LogP contribution in [0.2, 0.25) is 0 Å². The summed E-state index contributed by atoms with van der Waals surface area (Å²) in [5.74, 6) is 2.90. The molecule has 0 spiro atoms. The van der Waals surface area contributed by atoms with Crippen molar-refractivity contribution in [3.8, 4) is 0 Å². The van der Waals surface area contributed by atoms with E-state index in [0.29, 0.717) is 12.5 Å². The monoisotopic (exact) mass is 289 g/mol. The fourth-order valence-electron chi connectivity index (χ4n) is 2.60. The lowest BCUT2D eigenvalue weighted by Crippen LogP contribution is -2.25. The third kappa shape index (κ3) is 3.66. The Labute approximate surface area is 115 Å². The summed E-state index contributed by atoms with van der Waals surface area (Å²) in [6, 6.07) is 5.49. The van der Waals surface area contributed by atoms with Gasteiger partial charge >= 0.3 is 6.18 Å². The van der Waals surface area contributed by atoms with Gasteiger partial charge in [0, 0.05) is 0 Å². The second kappa shape index (κ2) is 6.18. The van der Waals surface area contributed by atoms with Crippen molar-refractivity contribution in [1.29, 1.82) is 0 Å². The van der Waals surface area contributed by atoms with E-state index in [2.05, 4.69) is 0 Å². The fourth-order valence-corrected chi connectivity index (χ4v) is 3.84. The predicted molar refractivity (Wildman–Crippen MR) is 73.3 cm³/mol. The van der Waals surface area contributed by atoms with Crippen molar-refractivity contribution >= 4 is 11.8 Å². The molecule has 1 aromatic carbocycles. The van der Waals surface area contributed by atoms with Gasteiger partial charge in [0.15, 0.2) is 0 Å². The summed E-state index contributed by atoms with van der Waals surface area (Å²) in [7, 11) is 0. The van der Waals surface area contributed by atoms with E-state index in [1.165, 1.54) is 12.2 Å². The molecule has 19 heavy (non-hydrogen) atoms. The number of hydrogen-bond acceptors (Lipinski definition) is 2. The fraction of sp³-hybridized carbons (Fsp3) is 0.571. The molecule has 2 unspecified atom stereocenters. The SMILES string of the molecule is NCC(c1ccc(C(F)(F)F)cc1)C1CCCSC1. The highest BCUT2D eigenvalue weighted by Gasteiger charge is 2.31. The van der Waals surface area contributed by atoms with Crippen LogP contribution in [0.5, 0.6) is 0 Å². The maximum atomic E-state index is 12.5. The van der Waals surface area contributed by atoms with Gasteiger partial charge in [-0.2, -0.15) is 24.9 Å². The van der Waals surface area contributed by atoms with Gasteiger partial charge in [0.05, 0.1) is 5.56 Å². The molecule has 0 amide bonds. The van der Waals surface area contributed by atoms with Crippen molar-refractivity contribution < 1.29 is 13.2 Å². The second-order valence-electron chi connectivity index (χ2n) is 4.94. The van der Waals surface area contributed by atoms with Crippen molar-refractivity contribution in [3.05, 3.63) is 35.4 Å². The van der Waals surface area contributed by atoms with Crippen LogP contribution < -0.4 is 5.73 Å². The van der Waals surface area contributed by atoms with Gasteiger partial charge < -0.3 is 5.73 Å². The Balaban J connectivity index is 2.14. The zero-order valence-electron chi connectivity index (χ0n) is 10.6. The molecule has 0 aromatic heterocycles. The van der Waals surface area contributed by atoms with E-state index < -0.39 is 11.7 Å². The highest BCUT2D eigenvalue weighted by atomic mass is 32.2. The predicted octanol–water partition coefficient (Wildman–Crippen LogP) is 3.89. The Bertz CT molecular complexity index is 396. The molecule has 0 saturated carbocycles. The lowest BCUT2D eigenvalue weighted by atomic mass is 9.84. The third-order valence-electron chi connectivity index (χ3n) is 3.68. The van der Waals surface area contributed by atoms with Gasteiger partial charge in [-0.1, -0.05) is 12.1 Å². The van der Waals surface area contributed by atoms with E-state index in [-0.39, 0.29) is 5.92 Å². The molecule has 0 bridgehead atoms. The van der Waals surface area contributed by atoms with Crippen LogP contribution in [0.15, 0.2) is 24.3 Å². The molecule has 1 aliphatic heterocycles. The molecule has 1 fully saturated rings. The van der Waals surface area contributed by atoms with Gasteiger partial charge in [-0.05, 0) is 60.4 Å². The lowest BCUT2D eigenvalue weighted by Gasteiger charge is -2.29. The van der Waals surface area contributed by atoms with Gasteiger partial charge in [0.1, 0.15) is 0 Å². The van der Waals surface area contributed by atoms with E-state index in [4.69, 9.17) is 5.73 Å². The maximum absolute atomic E-state index is 12.5. The molecule has 5 heteroatoms. The highest BCUT2D eigenvalue weighted by molar-refractivity contribution is 7.99. The minimum absolute atomic E-state index is 0.176. The van der Waals surface area contributed by atoms with Gasteiger partial charge in [-0.15, -0.1) is 0 Å². The molecule has 2 N–H and O–H groups in total. The highest BCUT2D eigenvalue weighted by Crippen LogP contribution is 2.35. The number of hydrogen-bond donors (Lipinski definition) is 1. The number of halogens is 3. The quantitative estimate of drug-likeness (QED) is 0.913. The van der Waals surface area contributed by atoms with Crippen molar-refractivity contribution in [2.45, 2.75) is 24.9 Å². The lowest BCUT2D eigenvalue weighted by molar-refractivity contribution is -0.137. The molecule has 0 radical (unpaired) electrons. The Kier molecular flexibility index (Phi) is 4.79. The number of benzene rings is 1. The standard InChI is InChI=1S/C14H18F3NS/c15-14(16,17)12-5-3-10(4-6-12)13(8-18)11-2-1-7-19-9-11/h3-6,11,13H,1-2,7-9,18H2. The zero-order valence-corrected chi connectivity index (χ0v) is 11.4. The Morgan fingerprint density at radius 1 is 1.26 bits per heavy atom. The van der Waals surface area contributed by atoms with Gasteiger partial charge in [0.2, 0.25) is 0 Å². The second-order valence-corrected chi connectivity index (χ2v) is 6.09. The van der Waals surface area contributed by atoms with Crippen molar-refractivity contribution in [3.63, 3.8) is 0 Å². The number of rotatable bonds is 3. The smallest absolute Gasteiger partial charge is 0.330 e. The van der Waals surface area contributed by atoms with E-state index in [9.17, 15) is 13.2 Å². The topological polar surface area (TPSA) is 26.0 Å². The number of thioether (sulfide) groups is 1. The average Bonchev–Trinajstić information content (AvgIpc) is 2.40. The molecule has 2 atom stereocenters. The summed E-state index contributed by atoms with van der Waals surface area (Å²) < 4.78 is 37.6. The number of nitrogens with two attached hydrogens (primary N) is 1. The largest absolute Gasteiger partial charge is 0.416 e. The third-order valence-corrected chi connectivity index (χ3v) is 4.93. The van der Waals surface area contributed by atoms with Crippen LogP contribution in [-0.2, 0) is 6.18 Å². The molecule has 1 aliphatic rings. The maximum Gasteiger partial charge on any atom is 0.416 e. The molecule has 106 valence electrons. The first kappa shape index (κ1) is 14.7. The minimum atomic E-state index is -4.27. The van der Waals surface area contributed by atoms with Crippen LogP contribution in [-0.4, -0.2) is 18.1 Å². The number of alkyl halides is 3. The zero-order chi connectivity index (χ0) is 13.9. The Morgan fingerprint density at radius 3 is 2.42 bits per heavy atom.